The Bertz CT molecular complexity index is 1020. The largest absolute Gasteiger partial charge is 0.488 e. The molecule has 1 aliphatic rings. The summed E-state index contributed by atoms with van der Waals surface area (Å²) in [6, 6.07) is 12.8. The van der Waals surface area contributed by atoms with E-state index in [1.54, 1.807) is 24.3 Å². The molecule has 1 fully saturated rings. The number of rotatable bonds is 6. The molecule has 0 bridgehead atoms. The van der Waals surface area contributed by atoms with Crippen LogP contribution in [-0.4, -0.2) is 23.5 Å². The molecule has 1 aliphatic heterocycles. The Balaban J connectivity index is 1.92. The van der Waals surface area contributed by atoms with Gasteiger partial charge in [-0.2, -0.15) is 0 Å². The first-order valence-electron chi connectivity index (χ1n) is 8.98. The van der Waals surface area contributed by atoms with Gasteiger partial charge in [0.25, 0.3) is 11.8 Å². The predicted molar refractivity (Wildman–Crippen MR) is 122 cm³/mol. The molecule has 0 saturated carbocycles. The molecule has 3 rings (SSSR count). The van der Waals surface area contributed by atoms with E-state index in [2.05, 4.69) is 34.7 Å². The van der Waals surface area contributed by atoms with Crippen LogP contribution in [0, 0.1) is 0 Å². The zero-order valence-electron chi connectivity index (χ0n) is 15.8. The minimum atomic E-state index is -0.524. The first-order valence-corrected chi connectivity index (χ1v) is 10.2. The van der Waals surface area contributed by atoms with Crippen LogP contribution in [0.5, 0.6) is 5.75 Å². The Morgan fingerprint density at radius 1 is 1.21 bits per heavy atom. The summed E-state index contributed by atoms with van der Waals surface area (Å²) >= 11 is 8.67. The highest BCUT2D eigenvalue weighted by molar-refractivity contribution is 9.10. The van der Waals surface area contributed by atoms with E-state index in [-0.39, 0.29) is 10.7 Å². The van der Waals surface area contributed by atoms with Crippen molar-refractivity contribution in [2.75, 3.05) is 11.5 Å². The van der Waals surface area contributed by atoms with Gasteiger partial charge in [0.1, 0.15) is 17.9 Å². The number of benzene rings is 2. The van der Waals surface area contributed by atoms with Gasteiger partial charge in [-0.15, -0.1) is 0 Å². The van der Waals surface area contributed by atoms with Gasteiger partial charge in [0.15, 0.2) is 5.11 Å². The zero-order valence-corrected chi connectivity index (χ0v) is 18.2. The molecule has 1 heterocycles. The standard InChI is InChI=1S/C22H19BrN2O3S/c1-3-11-28-19-10-7-15(13-18(19)23)12-17-20(26)24-22(29)25(21(17)27)16-8-5-14(4-2)6-9-16/h3,5-10,12-13H,1,4,11H2,2H3,(H,24,26,29)/b17-12+. The fourth-order valence-electron chi connectivity index (χ4n) is 2.81. The van der Waals surface area contributed by atoms with Crippen LogP contribution in [-0.2, 0) is 16.0 Å². The Kier molecular flexibility index (Phi) is 6.61. The lowest BCUT2D eigenvalue weighted by atomic mass is 10.1. The molecular weight excluding hydrogens is 452 g/mol. The van der Waals surface area contributed by atoms with E-state index in [9.17, 15) is 9.59 Å². The number of carbonyl (C=O) groups is 2. The fraction of sp³-hybridized carbons (Fsp3) is 0.136. The van der Waals surface area contributed by atoms with E-state index in [4.69, 9.17) is 17.0 Å². The van der Waals surface area contributed by atoms with Gasteiger partial charge in [0, 0.05) is 0 Å². The van der Waals surface area contributed by atoms with Crippen molar-refractivity contribution >= 4 is 56.8 Å². The number of carbonyl (C=O) groups excluding carboxylic acids is 2. The van der Waals surface area contributed by atoms with E-state index in [0.29, 0.717) is 28.1 Å². The van der Waals surface area contributed by atoms with Crippen molar-refractivity contribution in [1.29, 1.82) is 0 Å². The van der Waals surface area contributed by atoms with Gasteiger partial charge < -0.3 is 4.74 Å². The first-order chi connectivity index (χ1) is 13.9. The van der Waals surface area contributed by atoms with Crippen molar-refractivity contribution in [1.82, 2.24) is 5.32 Å². The molecular formula is C22H19BrN2O3S. The zero-order chi connectivity index (χ0) is 21.0. The van der Waals surface area contributed by atoms with Crippen molar-refractivity contribution in [2.24, 2.45) is 0 Å². The van der Waals surface area contributed by atoms with Crippen molar-refractivity contribution in [3.8, 4) is 5.75 Å². The van der Waals surface area contributed by atoms with Crippen LogP contribution >= 0.6 is 28.1 Å². The number of nitrogens with zero attached hydrogens (tertiary/aromatic N) is 1. The molecule has 1 saturated heterocycles. The van der Waals surface area contributed by atoms with E-state index in [0.717, 1.165) is 12.0 Å². The Hall–Kier alpha value is -2.77. The summed E-state index contributed by atoms with van der Waals surface area (Å²) in [5.74, 6) is -0.346. The van der Waals surface area contributed by atoms with Crippen molar-refractivity contribution in [3.05, 3.63) is 76.3 Å². The second-order valence-corrected chi connectivity index (χ2v) is 7.51. The highest BCUT2D eigenvalue weighted by Crippen LogP contribution is 2.28. The normalized spacial score (nSPS) is 15.4. The molecule has 0 aliphatic carbocycles. The van der Waals surface area contributed by atoms with Crippen molar-refractivity contribution < 1.29 is 14.3 Å². The summed E-state index contributed by atoms with van der Waals surface area (Å²) in [4.78, 5) is 26.8. The van der Waals surface area contributed by atoms with Crippen LogP contribution in [0.2, 0.25) is 0 Å². The first kappa shape index (κ1) is 21.0. The number of hydrogen-bond donors (Lipinski definition) is 1. The van der Waals surface area contributed by atoms with Crippen LogP contribution in [0.15, 0.2) is 65.2 Å². The third kappa shape index (κ3) is 4.63. The predicted octanol–water partition coefficient (Wildman–Crippen LogP) is 4.41. The SMILES string of the molecule is C=CCOc1ccc(/C=C2\C(=O)NC(=S)N(c3ccc(CC)cc3)C2=O)cc1Br. The summed E-state index contributed by atoms with van der Waals surface area (Å²) < 4.78 is 6.23. The lowest BCUT2D eigenvalue weighted by Crippen LogP contribution is -2.54. The lowest BCUT2D eigenvalue weighted by Gasteiger charge is -2.29. The molecule has 0 spiro atoms. The number of anilines is 1. The van der Waals surface area contributed by atoms with Crippen molar-refractivity contribution in [2.45, 2.75) is 13.3 Å². The molecule has 148 valence electrons. The molecule has 2 aromatic carbocycles. The molecule has 2 amide bonds. The number of ether oxygens (including phenoxy) is 1. The summed E-state index contributed by atoms with van der Waals surface area (Å²) in [5.41, 5.74) is 2.44. The Morgan fingerprint density at radius 3 is 2.55 bits per heavy atom. The number of amides is 2. The molecule has 7 heteroatoms. The lowest BCUT2D eigenvalue weighted by molar-refractivity contribution is -0.122. The minimum absolute atomic E-state index is 0.00447. The average molecular weight is 471 g/mol. The van der Waals surface area contributed by atoms with E-state index in [1.807, 2.05) is 24.3 Å². The van der Waals surface area contributed by atoms with E-state index >= 15 is 0 Å². The van der Waals surface area contributed by atoms with Gasteiger partial charge in [-0.1, -0.05) is 37.8 Å². The highest BCUT2D eigenvalue weighted by Gasteiger charge is 2.34. The topological polar surface area (TPSA) is 58.6 Å². The highest BCUT2D eigenvalue weighted by atomic mass is 79.9. The maximum atomic E-state index is 13.1. The molecule has 5 nitrogen and oxygen atoms in total. The smallest absolute Gasteiger partial charge is 0.270 e. The molecule has 0 aromatic heterocycles. The number of nitrogens with one attached hydrogen (secondary N) is 1. The Morgan fingerprint density at radius 2 is 1.93 bits per heavy atom. The summed E-state index contributed by atoms with van der Waals surface area (Å²) in [5, 5.41) is 2.66. The monoisotopic (exact) mass is 470 g/mol. The maximum absolute atomic E-state index is 13.1. The van der Waals surface area contributed by atoms with Crippen molar-refractivity contribution in [3.63, 3.8) is 0 Å². The van der Waals surface area contributed by atoms with Crippen LogP contribution < -0.4 is 15.0 Å². The van der Waals surface area contributed by atoms with E-state index in [1.165, 1.54) is 11.0 Å². The fourth-order valence-corrected chi connectivity index (χ4v) is 3.60. The van der Waals surface area contributed by atoms with Crippen LogP contribution in [0.1, 0.15) is 18.1 Å². The van der Waals surface area contributed by atoms with Gasteiger partial charge in [-0.3, -0.25) is 19.8 Å². The summed E-state index contributed by atoms with van der Waals surface area (Å²) in [6.45, 7) is 6.05. The molecule has 0 unspecified atom stereocenters. The second kappa shape index (κ2) is 9.15. The molecule has 1 N–H and O–H groups in total. The van der Waals surface area contributed by atoms with Gasteiger partial charge in [-0.25, -0.2) is 0 Å². The summed E-state index contributed by atoms with van der Waals surface area (Å²) in [6.07, 6.45) is 4.08. The molecule has 0 atom stereocenters. The number of halogens is 1. The van der Waals surface area contributed by atoms with Gasteiger partial charge >= 0.3 is 0 Å². The van der Waals surface area contributed by atoms with E-state index < -0.39 is 11.8 Å². The van der Waals surface area contributed by atoms with Crippen LogP contribution in [0.25, 0.3) is 6.08 Å². The van der Waals surface area contributed by atoms with Gasteiger partial charge in [0.05, 0.1) is 10.2 Å². The quantitative estimate of drug-likeness (QED) is 0.294. The molecule has 0 radical (unpaired) electrons. The third-order valence-corrected chi connectivity index (χ3v) is 5.23. The minimum Gasteiger partial charge on any atom is -0.488 e. The number of aryl methyl sites for hydroxylation is 1. The third-order valence-electron chi connectivity index (χ3n) is 4.33. The molecule has 29 heavy (non-hydrogen) atoms. The molecule has 2 aromatic rings. The number of hydrogen-bond acceptors (Lipinski definition) is 4. The summed E-state index contributed by atoms with van der Waals surface area (Å²) in [7, 11) is 0. The second-order valence-electron chi connectivity index (χ2n) is 6.27. The maximum Gasteiger partial charge on any atom is 0.270 e. The van der Waals surface area contributed by atoms with Crippen LogP contribution in [0.4, 0.5) is 5.69 Å². The van der Waals surface area contributed by atoms with Crippen LogP contribution in [0.3, 0.4) is 0 Å². The number of thiocarbonyl (C=S) groups is 1. The van der Waals surface area contributed by atoms with Gasteiger partial charge in [0.2, 0.25) is 0 Å². The Labute approximate surface area is 183 Å². The van der Waals surface area contributed by atoms with Gasteiger partial charge in [-0.05, 0) is 76.0 Å². The average Bonchev–Trinajstić information content (AvgIpc) is 2.71.